The van der Waals surface area contributed by atoms with Gasteiger partial charge in [0.25, 0.3) is 0 Å². The number of hydrogen-bond acceptors (Lipinski definition) is 2. The first-order valence-electron chi connectivity index (χ1n) is 6.42. The highest BCUT2D eigenvalue weighted by Crippen LogP contribution is 2.34. The van der Waals surface area contributed by atoms with Crippen LogP contribution in [0.1, 0.15) is 0 Å². The SMILES string of the molecule is Nc1cnc(-c2ccccc2F)c(-c2ccccc2F)c1. The largest absolute Gasteiger partial charge is 0.397 e. The number of pyridine rings is 1. The van der Waals surface area contributed by atoms with Gasteiger partial charge in [0.1, 0.15) is 11.6 Å². The summed E-state index contributed by atoms with van der Waals surface area (Å²) in [5.41, 5.74) is 7.65. The van der Waals surface area contributed by atoms with Crippen molar-refractivity contribution in [3.8, 4) is 22.4 Å². The number of nitrogens with two attached hydrogens (primary N) is 1. The molecule has 4 heteroatoms. The Morgan fingerprint density at radius 2 is 1.33 bits per heavy atom. The molecule has 104 valence electrons. The molecule has 0 aliphatic rings. The van der Waals surface area contributed by atoms with Crippen molar-refractivity contribution in [1.29, 1.82) is 0 Å². The van der Waals surface area contributed by atoms with Crippen molar-refractivity contribution in [1.82, 2.24) is 4.98 Å². The molecule has 2 N–H and O–H groups in total. The molecule has 0 spiro atoms. The van der Waals surface area contributed by atoms with Gasteiger partial charge in [-0.1, -0.05) is 30.3 Å². The highest BCUT2D eigenvalue weighted by atomic mass is 19.1. The van der Waals surface area contributed by atoms with Crippen LogP contribution in [-0.4, -0.2) is 4.98 Å². The highest BCUT2D eigenvalue weighted by Gasteiger charge is 2.15. The second-order valence-corrected chi connectivity index (χ2v) is 4.62. The van der Waals surface area contributed by atoms with Crippen molar-refractivity contribution in [2.75, 3.05) is 5.73 Å². The minimum Gasteiger partial charge on any atom is -0.397 e. The van der Waals surface area contributed by atoms with Crippen molar-refractivity contribution in [2.45, 2.75) is 0 Å². The van der Waals surface area contributed by atoms with Crippen LogP contribution in [0.5, 0.6) is 0 Å². The highest BCUT2D eigenvalue weighted by molar-refractivity contribution is 5.82. The van der Waals surface area contributed by atoms with Crippen LogP contribution in [0, 0.1) is 11.6 Å². The Balaban J connectivity index is 2.29. The fourth-order valence-corrected chi connectivity index (χ4v) is 2.23. The molecular weight excluding hydrogens is 270 g/mol. The molecule has 0 radical (unpaired) electrons. The molecule has 21 heavy (non-hydrogen) atoms. The Labute approximate surface area is 120 Å². The predicted molar refractivity (Wildman–Crippen MR) is 79.4 cm³/mol. The van der Waals surface area contributed by atoms with Gasteiger partial charge in [0, 0.05) is 16.7 Å². The van der Waals surface area contributed by atoms with Gasteiger partial charge < -0.3 is 5.73 Å². The van der Waals surface area contributed by atoms with Crippen molar-refractivity contribution in [2.24, 2.45) is 0 Å². The molecule has 1 heterocycles. The maximum atomic E-state index is 14.0. The normalized spacial score (nSPS) is 10.6. The van der Waals surface area contributed by atoms with Gasteiger partial charge in [0.05, 0.1) is 17.6 Å². The van der Waals surface area contributed by atoms with Crippen LogP contribution in [0.15, 0.2) is 60.8 Å². The quantitative estimate of drug-likeness (QED) is 0.762. The second kappa shape index (κ2) is 5.32. The van der Waals surface area contributed by atoms with Crippen LogP contribution in [0.2, 0.25) is 0 Å². The fraction of sp³-hybridized carbons (Fsp3) is 0. The summed E-state index contributed by atoms with van der Waals surface area (Å²) in [5.74, 6) is -0.810. The maximum Gasteiger partial charge on any atom is 0.132 e. The van der Waals surface area contributed by atoms with Gasteiger partial charge in [-0.3, -0.25) is 4.98 Å². The summed E-state index contributed by atoms with van der Waals surface area (Å²) in [6.07, 6.45) is 1.44. The number of benzene rings is 2. The fourth-order valence-electron chi connectivity index (χ4n) is 2.23. The van der Waals surface area contributed by atoms with Crippen molar-refractivity contribution in [3.63, 3.8) is 0 Å². The van der Waals surface area contributed by atoms with E-state index in [-0.39, 0.29) is 0 Å². The molecule has 3 rings (SSSR count). The van der Waals surface area contributed by atoms with E-state index in [4.69, 9.17) is 5.73 Å². The van der Waals surface area contributed by atoms with E-state index >= 15 is 0 Å². The number of anilines is 1. The first kappa shape index (κ1) is 13.2. The topological polar surface area (TPSA) is 38.9 Å². The van der Waals surface area contributed by atoms with Gasteiger partial charge in [-0.25, -0.2) is 8.78 Å². The van der Waals surface area contributed by atoms with Crippen LogP contribution >= 0.6 is 0 Å². The summed E-state index contributed by atoms with van der Waals surface area (Å²) in [6.45, 7) is 0. The molecule has 0 unspecified atom stereocenters. The molecule has 0 amide bonds. The average Bonchev–Trinajstić information content (AvgIpc) is 2.49. The molecule has 0 atom stereocenters. The summed E-state index contributed by atoms with van der Waals surface area (Å²) in [6, 6.07) is 14.2. The van der Waals surface area contributed by atoms with E-state index in [2.05, 4.69) is 4.98 Å². The Kier molecular flexibility index (Phi) is 3.36. The van der Waals surface area contributed by atoms with Crippen molar-refractivity contribution >= 4 is 5.69 Å². The van der Waals surface area contributed by atoms with E-state index in [1.807, 2.05) is 0 Å². The van der Waals surface area contributed by atoms with Gasteiger partial charge in [-0.05, 0) is 24.3 Å². The third kappa shape index (κ3) is 2.48. The monoisotopic (exact) mass is 282 g/mol. The smallest absolute Gasteiger partial charge is 0.132 e. The van der Waals surface area contributed by atoms with Crippen molar-refractivity contribution < 1.29 is 8.78 Å². The van der Waals surface area contributed by atoms with E-state index in [1.165, 1.54) is 18.3 Å². The predicted octanol–water partition coefficient (Wildman–Crippen LogP) is 4.28. The van der Waals surface area contributed by atoms with Gasteiger partial charge in [0.2, 0.25) is 0 Å². The summed E-state index contributed by atoms with van der Waals surface area (Å²) >= 11 is 0. The molecule has 2 nitrogen and oxygen atoms in total. The number of nitrogen functional groups attached to an aromatic ring is 1. The van der Waals surface area contributed by atoms with Gasteiger partial charge >= 0.3 is 0 Å². The standard InChI is InChI=1S/C17H12F2N2/c18-15-7-3-1-5-12(15)14-9-11(20)10-21-17(14)13-6-2-4-8-16(13)19/h1-10H,20H2. The first-order valence-corrected chi connectivity index (χ1v) is 6.42. The summed E-state index contributed by atoms with van der Waals surface area (Å²) in [7, 11) is 0. The zero-order valence-electron chi connectivity index (χ0n) is 11.1. The summed E-state index contributed by atoms with van der Waals surface area (Å²) < 4.78 is 28.0. The number of nitrogens with zero attached hydrogens (tertiary/aromatic N) is 1. The third-order valence-electron chi connectivity index (χ3n) is 3.20. The molecule has 3 aromatic rings. The van der Waals surface area contributed by atoms with Crippen LogP contribution in [0.3, 0.4) is 0 Å². The lowest BCUT2D eigenvalue weighted by atomic mass is 9.98. The number of rotatable bonds is 2. The van der Waals surface area contributed by atoms with Crippen LogP contribution < -0.4 is 5.73 Å². The van der Waals surface area contributed by atoms with E-state index in [0.29, 0.717) is 28.1 Å². The molecule has 0 bridgehead atoms. The molecule has 0 saturated carbocycles. The maximum absolute atomic E-state index is 14.0. The molecule has 0 fully saturated rings. The van der Waals surface area contributed by atoms with E-state index in [1.54, 1.807) is 42.5 Å². The Hall–Kier alpha value is -2.75. The lowest BCUT2D eigenvalue weighted by molar-refractivity contribution is 0.629. The van der Waals surface area contributed by atoms with Gasteiger partial charge in [-0.15, -0.1) is 0 Å². The average molecular weight is 282 g/mol. The van der Waals surface area contributed by atoms with E-state index < -0.39 is 11.6 Å². The zero-order chi connectivity index (χ0) is 14.8. The van der Waals surface area contributed by atoms with Gasteiger partial charge in [0.15, 0.2) is 0 Å². The molecule has 0 aliphatic carbocycles. The Morgan fingerprint density at radius 1 is 0.762 bits per heavy atom. The van der Waals surface area contributed by atoms with Gasteiger partial charge in [-0.2, -0.15) is 0 Å². The van der Waals surface area contributed by atoms with Crippen LogP contribution in [-0.2, 0) is 0 Å². The number of aromatic nitrogens is 1. The third-order valence-corrected chi connectivity index (χ3v) is 3.20. The number of halogens is 2. The molecule has 0 saturated heterocycles. The molecular formula is C17H12F2N2. The molecule has 1 aromatic heterocycles. The van der Waals surface area contributed by atoms with Crippen LogP contribution in [0.25, 0.3) is 22.4 Å². The summed E-state index contributed by atoms with van der Waals surface area (Å²) in [4.78, 5) is 4.20. The molecule has 0 aliphatic heterocycles. The van der Waals surface area contributed by atoms with E-state index in [0.717, 1.165) is 0 Å². The zero-order valence-corrected chi connectivity index (χ0v) is 11.1. The second-order valence-electron chi connectivity index (χ2n) is 4.62. The Morgan fingerprint density at radius 3 is 1.95 bits per heavy atom. The van der Waals surface area contributed by atoms with Crippen molar-refractivity contribution in [3.05, 3.63) is 72.4 Å². The lowest BCUT2D eigenvalue weighted by Crippen LogP contribution is -1.96. The number of hydrogen-bond donors (Lipinski definition) is 1. The Bertz CT molecular complexity index is 800. The summed E-state index contributed by atoms with van der Waals surface area (Å²) in [5, 5.41) is 0. The van der Waals surface area contributed by atoms with Crippen LogP contribution in [0.4, 0.5) is 14.5 Å². The first-order chi connectivity index (χ1) is 10.2. The minimum absolute atomic E-state index is 0.316. The van der Waals surface area contributed by atoms with E-state index in [9.17, 15) is 8.78 Å². The minimum atomic E-state index is -0.410. The lowest BCUT2D eigenvalue weighted by Gasteiger charge is -2.11. The molecule has 2 aromatic carbocycles.